The predicted molar refractivity (Wildman–Crippen MR) is 201 cm³/mol. The van der Waals surface area contributed by atoms with Crippen LogP contribution in [0.1, 0.15) is 89.8 Å². The van der Waals surface area contributed by atoms with Gasteiger partial charge in [0.05, 0.1) is 10.3 Å². The number of amides is 2. The van der Waals surface area contributed by atoms with Gasteiger partial charge in [0.25, 0.3) is 21.9 Å². The molecule has 0 aromatic heterocycles. The van der Waals surface area contributed by atoms with E-state index in [0.29, 0.717) is 25.8 Å². The molecule has 0 bridgehead atoms. The maximum atomic E-state index is 12.5. The zero-order valence-electron chi connectivity index (χ0n) is 30.6. The number of fused-ring (bicyclic) bond motifs is 2. The molecule has 0 saturated carbocycles. The summed E-state index contributed by atoms with van der Waals surface area (Å²) < 4.78 is 36.1. The predicted octanol–water partition coefficient (Wildman–Crippen LogP) is 7.27. The molecule has 3 aliphatic heterocycles. The topological polar surface area (TPSA) is 115 Å². The lowest BCUT2D eigenvalue weighted by Crippen LogP contribution is -2.31. The quantitative estimate of drug-likeness (QED) is 0.0680. The van der Waals surface area contributed by atoms with Gasteiger partial charge in [-0.1, -0.05) is 49.8 Å². The van der Waals surface area contributed by atoms with Crippen LogP contribution in [-0.4, -0.2) is 65.4 Å². The van der Waals surface area contributed by atoms with Gasteiger partial charge in [0.1, 0.15) is 12.3 Å². The average molecular weight is 713 g/mol. The minimum Gasteiger partial charge on any atom is -0.344 e. The first-order valence-electron chi connectivity index (χ1n) is 17.8. The second-order valence-electron chi connectivity index (χ2n) is 14.6. The Kier molecular flexibility index (Phi) is 11.2. The van der Waals surface area contributed by atoms with Crippen molar-refractivity contribution < 1.29 is 31.9 Å². The number of likely N-dealkylation sites (N-methyl/N-ethyl adjacent to an activating group) is 1. The number of aryl methyl sites for hydroxylation is 1. The second kappa shape index (κ2) is 15.1. The Morgan fingerprint density at radius 2 is 1.55 bits per heavy atom. The molecule has 270 valence electrons. The van der Waals surface area contributed by atoms with E-state index in [4.69, 9.17) is 0 Å². The van der Waals surface area contributed by atoms with E-state index >= 15 is 0 Å². The number of anilines is 1. The van der Waals surface area contributed by atoms with Crippen LogP contribution in [0.15, 0.2) is 89.5 Å². The van der Waals surface area contributed by atoms with E-state index in [1.165, 1.54) is 40.7 Å². The molecular weight excluding hydrogens is 663 g/mol. The van der Waals surface area contributed by atoms with Crippen LogP contribution >= 0.6 is 0 Å². The summed E-state index contributed by atoms with van der Waals surface area (Å²) >= 11 is 0. The number of imide groups is 1. The third-order valence-electron chi connectivity index (χ3n) is 10.3. The van der Waals surface area contributed by atoms with Crippen molar-refractivity contribution >= 4 is 44.8 Å². The van der Waals surface area contributed by atoms with Crippen molar-refractivity contribution in [2.45, 2.75) is 95.8 Å². The molecule has 0 aliphatic carbocycles. The highest BCUT2D eigenvalue weighted by molar-refractivity contribution is 7.85. The van der Waals surface area contributed by atoms with E-state index in [1.54, 1.807) is 12.1 Å². The van der Waals surface area contributed by atoms with Gasteiger partial charge in [-0.3, -0.25) is 23.8 Å². The summed E-state index contributed by atoms with van der Waals surface area (Å²) in [6.07, 6.45) is 16.5. The second-order valence-corrected chi connectivity index (χ2v) is 16.0. The molecule has 0 spiro atoms. The third kappa shape index (κ3) is 7.92. The molecule has 2 aromatic carbocycles. The van der Waals surface area contributed by atoms with Crippen LogP contribution in [0.2, 0.25) is 0 Å². The summed E-state index contributed by atoms with van der Waals surface area (Å²) in [5, 5.41) is 0. The highest BCUT2D eigenvalue weighted by atomic mass is 32.2. The maximum Gasteiger partial charge on any atom is 0.294 e. The van der Waals surface area contributed by atoms with Gasteiger partial charge in [-0.2, -0.15) is 13.0 Å². The highest BCUT2D eigenvalue weighted by Crippen LogP contribution is 2.48. The Morgan fingerprint density at radius 1 is 0.843 bits per heavy atom. The lowest BCUT2D eigenvalue weighted by molar-refractivity contribution is -0.438. The molecule has 51 heavy (non-hydrogen) atoms. The van der Waals surface area contributed by atoms with Gasteiger partial charge < -0.3 is 4.90 Å². The molecular formula is C41H50N3O6S+. The van der Waals surface area contributed by atoms with Crippen molar-refractivity contribution in [3.8, 4) is 0 Å². The Balaban J connectivity index is 1.28. The highest BCUT2D eigenvalue weighted by Gasteiger charge is 2.45. The lowest BCUT2D eigenvalue weighted by atomic mass is 9.81. The Hall–Kier alpha value is -4.41. The van der Waals surface area contributed by atoms with E-state index in [1.807, 2.05) is 12.2 Å². The Bertz CT molecular complexity index is 1980. The first kappa shape index (κ1) is 37.8. The lowest BCUT2D eigenvalue weighted by Gasteiger charge is -2.25. The van der Waals surface area contributed by atoms with Crippen molar-refractivity contribution in [3.63, 3.8) is 0 Å². The molecule has 1 N–H and O–H groups in total. The number of hydrogen-bond donors (Lipinski definition) is 1. The van der Waals surface area contributed by atoms with Crippen molar-refractivity contribution in [1.29, 1.82) is 0 Å². The molecule has 0 atom stereocenters. The molecule has 3 aliphatic rings. The van der Waals surface area contributed by atoms with Crippen LogP contribution in [0.25, 0.3) is 0 Å². The summed E-state index contributed by atoms with van der Waals surface area (Å²) in [4.78, 5) is 39.3. The van der Waals surface area contributed by atoms with E-state index < -0.39 is 15.5 Å². The number of unbranched alkanes of at least 4 members (excludes halogenated alkanes) is 2. The normalized spacial score (nSPS) is 18.7. The molecule has 2 amide bonds. The average Bonchev–Trinajstić information content (AvgIpc) is 3.58. The molecule has 10 heteroatoms. The zero-order valence-corrected chi connectivity index (χ0v) is 31.4. The molecule has 0 saturated heterocycles. The summed E-state index contributed by atoms with van der Waals surface area (Å²) in [7, 11) is -4.37. The van der Waals surface area contributed by atoms with Crippen LogP contribution in [0.5, 0.6) is 0 Å². The first-order chi connectivity index (χ1) is 24.1. The molecule has 0 fully saturated rings. The molecule has 0 radical (unpaired) electrons. The number of ketones is 1. The fourth-order valence-corrected chi connectivity index (χ4v) is 8.03. The monoisotopic (exact) mass is 712 g/mol. The summed E-state index contributed by atoms with van der Waals surface area (Å²) in [5.74, 6) is -0.539. The van der Waals surface area contributed by atoms with Gasteiger partial charge in [-0.25, -0.2) is 0 Å². The minimum atomic E-state index is -4.37. The van der Waals surface area contributed by atoms with E-state index in [9.17, 15) is 27.4 Å². The van der Waals surface area contributed by atoms with Crippen LogP contribution < -0.4 is 4.90 Å². The van der Waals surface area contributed by atoms with Gasteiger partial charge in [0.15, 0.2) is 5.71 Å². The van der Waals surface area contributed by atoms with Crippen LogP contribution in [0, 0.1) is 6.92 Å². The Morgan fingerprint density at radius 3 is 2.24 bits per heavy atom. The number of hydrogen-bond acceptors (Lipinski definition) is 6. The van der Waals surface area contributed by atoms with Crippen molar-refractivity contribution in [3.05, 3.63) is 101 Å². The van der Waals surface area contributed by atoms with Crippen molar-refractivity contribution in [2.24, 2.45) is 0 Å². The smallest absolute Gasteiger partial charge is 0.294 e. The van der Waals surface area contributed by atoms with Gasteiger partial charge in [-0.05, 0) is 76.8 Å². The molecule has 3 heterocycles. The van der Waals surface area contributed by atoms with Gasteiger partial charge >= 0.3 is 0 Å². The standard InChI is InChI=1S/C41H49N3O6S/c1-7-42-34-21-19-29(2)27-32(34)40(3,4)36(42)17-11-8-12-18-37-41(5,6)33-28-31(51(48,49)50)20-22-35(33)43(37)25-13-9-10-15-30(45)16-14-26-44-38(46)23-24-39(44)47/h8,11-12,17-24,27-28H,7,9-10,13-16,25-26H2,1-6H3/p+1. The van der Waals surface area contributed by atoms with E-state index in [0.717, 1.165) is 47.7 Å². The summed E-state index contributed by atoms with van der Waals surface area (Å²) in [6, 6.07) is 11.4. The minimum absolute atomic E-state index is 0.117. The van der Waals surface area contributed by atoms with E-state index in [-0.39, 0.29) is 34.5 Å². The van der Waals surface area contributed by atoms with Crippen molar-refractivity contribution in [2.75, 3.05) is 24.5 Å². The number of carbonyl (C=O) groups excluding carboxylic acids is 3. The van der Waals surface area contributed by atoms with E-state index in [2.05, 4.69) is 87.4 Å². The number of carbonyl (C=O) groups is 3. The van der Waals surface area contributed by atoms with Gasteiger partial charge in [0, 0.05) is 79.0 Å². The largest absolute Gasteiger partial charge is 0.344 e. The number of nitrogens with zero attached hydrogens (tertiary/aromatic N) is 3. The van der Waals surface area contributed by atoms with Gasteiger partial charge in [-0.15, -0.1) is 0 Å². The third-order valence-corrected chi connectivity index (χ3v) is 11.2. The number of allylic oxidation sites excluding steroid dienone is 6. The maximum absolute atomic E-state index is 12.5. The SMILES string of the molecule is CCN1C(=CC=CC=CC2=[N+](CCCCCC(=O)CCCN3C(=O)C=CC3=O)c3ccc(S(=O)(=O)O)cc3C2(C)C)C(C)(C)c2cc(C)ccc21. The summed E-state index contributed by atoms with van der Waals surface area (Å²) in [6.45, 7) is 14.7. The Labute approximate surface area is 302 Å². The van der Waals surface area contributed by atoms with Crippen molar-refractivity contribution in [1.82, 2.24) is 4.90 Å². The first-order valence-corrected chi connectivity index (χ1v) is 19.3. The molecule has 2 aromatic rings. The zero-order chi connectivity index (χ0) is 37.1. The summed E-state index contributed by atoms with van der Waals surface area (Å²) in [5.41, 5.74) is 7.13. The van der Waals surface area contributed by atoms with Crippen LogP contribution in [0.3, 0.4) is 0 Å². The fraction of sp³-hybridized carbons (Fsp3) is 0.415. The number of benzene rings is 2. The molecule has 5 rings (SSSR count). The van der Waals surface area contributed by atoms with Crippen LogP contribution in [0.4, 0.5) is 11.4 Å². The number of rotatable bonds is 15. The van der Waals surface area contributed by atoms with Crippen LogP contribution in [-0.2, 0) is 35.3 Å². The molecule has 0 unspecified atom stereocenters. The molecule has 9 nitrogen and oxygen atoms in total. The fourth-order valence-electron chi connectivity index (χ4n) is 7.52. The van der Waals surface area contributed by atoms with Gasteiger partial charge in [0.2, 0.25) is 5.69 Å². The number of Topliss-reactive ketones (excluding diaryl/α,β-unsaturated/α-hetero) is 1.